The second-order valence-corrected chi connectivity index (χ2v) is 33.4. The Morgan fingerprint density at radius 1 is 0.577 bits per heavy atom. The zero-order valence-electron chi connectivity index (χ0n) is 53.1. The van der Waals surface area contributed by atoms with Crippen LogP contribution in [-0.4, -0.2) is 161 Å². The Morgan fingerprint density at radius 2 is 0.938 bits per heavy atom. The number of nitro groups is 3. The van der Waals surface area contributed by atoms with Gasteiger partial charge in [-0.1, -0.05) is 101 Å². The van der Waals surface area contributed by atoms with Crippen LogP contribution in [0.5, 0.6) is 0 Å². The van der Waals surface area contributed by atoms with Crippen molar-refractivity contribution in [3.63, 3.8) is 0 Å². The maximum atomic E-state index is 12.9. The predicted molar refractivity (Wildman–Crippen MR) is 346 cm³/mol. The number of amidine groups is 3. The summed E-state index contributed by atoms with van der Waals surface area (Å²) < 4.78 is 69.5. The van der Waals surface area contributed by atoms with E-state index in [2.05, 4.69) is 84.9 Å². The lowest BCUT2D eigenvalue weighted by Crippen LogP contribution is -2.46. The number of carbonyl (C=O) groups excluding carboxylic acids is 3. The van der Waals surface area contributed by atoms with Gasteiger partial charge >= 0.3 is 23.5 Å². The van der Waals surface area contributed by atoms with Crippen molar-refractivity contribution in [1.82, 2.24) is 16.0 Å². The van der Waals surface area contributed by atoms with E-state index in [-0.39, 0.29) is 97.1 Å². The number of hydrogen-bond acceptors (Lipinski definition) is 25. The van der Waals surface area contributed by atoms with Crippen LogP contribution in [0, 0.1) is 48.1 Å². The molecule has 10 N–H and O–H groups in total. The van der Waals surface area contributed by atoms with Crippen molar-refractivity contribution in [3.8, 4) is 0 Å². The zero-order valence-corrected chi connectivity index (χ0v) is 56.8. The molecule has 0 bridgehead atoms. The van der Waals surface area contributed by atoms with Crippen LogP contribution in [0.1, 0.15) is 70.1 Å². The molecule has 97 heavy (non-hydrogen) atoms. The number of aliphatic hydroxyl groups excluding tert-OH is 3. The molecule has 6 aliphatic heterocycles. The first kappa shape index (κ1) is 77.2. The van der Waals surface area contributed by atoms with E-state index in [1.807, 2.05) is 6.08 Å². The number of hydrogen-bond donors (Lipinski definition) is 10. The molecule has 3 aromatic rings. The highest BCUT2D eigenvalue weighted by molar-refractivity contribution is 7.66. The maximum absolute atomic E-state index is 12.9. The van der Waals surface area contributed by atoms with Crippen LogP contribution in [0.2, 0.25) is 18.1 Å². The van der Waals surface area contributed by atoms with Crippen LogP contribution in [0.15, 0.2) is 124 Å². The summed E-state index contributed by atoms with van der Waals surface area (Å²) in [5, 5.41) is 70.5. The van der Waals surface area contributed by atoms with Gasteiger partial charge in [-0.25, -0.2) is 13.7 Å². The molecule has 14 atom stereocenters. The normalized spacial score (nSPS) is 28.2. The van der Waals surface area contributed by atoms with Crippen molar-refractivity contribution >= 4 is 84.1 Å². The van der Waals surface area contributed by atoms with Gasteiger partial charge in [-0.15, -0.1) is 0 Å². The highest BCUT2D eigenvalue weighted by atomic mass is 31.3. The maximum Gasteiger partial charge on any atom is 0.490 e. The average molecular weight is 1440 g/mol. The quantitative estimate of drug-likeness (QED) is 0.0235. The van der Waals surface area contributed by atoms with Gasteiger partial charge < -0.3 is 69.5 Å². The molecular weight excluding hydrogens is 1360 g/mol. The van der Waals surface area contributed by atoms with Crippen LogP contribution in [0.25, 0.3) is 0 Å². The number of ether oxygens (including phenoxy) is 3. The SMILES string of the molecule is CC[C@H]1O[C@@H](C2C=CC(=NCc3ccccc3[N+](=O)[O-])NC2=O)CC1O[Si](C)(C)C(C)(C)C.O=C1NC(=NCc2ccccc2[N+](=O)[O-])C=CC1[C@H]1CC(O)[C@@H](CO)O1.O=C1NC(=NCc2ccccc2[N+](=O)[O-])C=CC1[C@H]1CC(O)[C@@H](COP(=O)(O)OP(=O)(O)OP(=O)(O)O)O1. The fraction of sp³-hybridized carbons (Fsp3) is 0.483. The summed E-state index contributed by atoms with van der Waals surface area (Å²) in [5.41, 5.74) is 1.14. The van der Waals surface area contributed by atoms with Crippen LogP contribution in [0.3, 0.4) is 0 Å². The van der Waals surface area contributed by atoms with Crippen molar-refractivity contribution in [2.75, 3.05) is 13.2 Å². The summed E-state index contributed by atoms with van der Waals surface area (Å²) in [4.78, 5) is 118. The largest absolute Gasteiger partial charge is 0.490 e. The standard InChI is InChI=1S/C24H35N3O5Si.C17H22N3O15P3.C17H19N3O6/c1-7-19-21(32-33(5,6)24(2,3)4)14-20(31-19)17-12-13-22(26-23(17)28)25-15-16-10-8-9-11-18(16)27(29)30;21-13-7-14(33-15(13)9-32-37(28,29)35-38(30,31)34-36(25,26)27)11-5-6-16(19-17(11)22)18-8-10-3-1-2-4-12(10)20(23)24;21-9-15-13(22)7-14(26-15)11-5-6-16(19-17(11)23)18-8-10-3-1-2-4-12(10)20(24)25/h8-13,17,19-21H,7,14-15H2,1-6H3,(H,25,26,28);1-6,11,13-15,21H,7-9H2,(H,28,29)(H,30,31)(H,18,19,22)(H2,25,26,27);1-6,11,13-15,21-22H,7-9H2,(H,18,19,23)/t17?,19-,20-,21?;2*11?,13?,14-,15-/m111/s1. The van der Waals surface area contributed by atoms with Gasteiger partial charge in [-0.2, -0.15) is 8.62 Å². The van der Waals surface area contributed by atoms with Gasteiger partial charge in [-0.05, 0) is 42.8 Å². The molecule has 3 saturated heterocycles. The molecule has 35 nitrogen and oxygen atoms in total. The zero-order chi connectivity index (χ0) is 71.4. The highest BCUT2D eigenvalue weighted by Crippen LogP contribution is 2.66. The van der Waals surface area contributed by atoms with Gasteiger partial charge in [0.1, 0.15) is 29.7 Å². The van der Waals surface area contributed by atoms with E-state index in [0.29, 0.717) is 34.8 Å². The van der Waals surface area contributed by atoms with Crippen molar-refractivity contribution in [3.05, 3.63) is 156 Å². The summed E-state index contributed by atoms with van der Waals surface area (Å²) in [5.74, 6) is -2.17. The lowest BCUT2D eigenvalue weighted by Gasteiger charge is -2.39. The Balaban J connectivity index is 0.000000208. The topological polar surface area (TPSA) is 511 Å². The fourth-order valence-corrected chi connectivity index (χ4v) is 14.9. The number of nitrogens with one attached hydrogen (secondary N) is 3. The summed E-state index contributed by atoms with van der Waals surface area (Å²) in [6, 6.07) is 18.7. The van der Waals surface area contributed by atoms with E-state index < -0.39 is 113 Å². The number of rotatable bonds is 23. The third-order valence-corrected chi connectivity index (χ3v) is 24.8. The fourth-order valence-electron chi connectivity index (χ4n) is 10.5. The van der Waals surface area contributed by atoms with Gasteiger partial charge in [0.15, 0.2) is 8.32 Å². The number of benzene rings is 3. The number of phosphoric ester groups is 1. The van der Waals surface area contributed by atoms with Gasteiger partial charge in [-0.3, -0.25) is 64.2 Å². The van der Waals surface area contributed by atoms with Gasteiger partial charge in [0, 0.05) is 37.5 Å². The highest BCUT2D eigenvalue weighted by Gasteiger charge is 2.48. The molecule has 6 aliphatic rings. The number of aliphatic hydroxyl groups is 3. The van der Waals surface area contributed by atoms with Gasteiger partial charge in [0.25, 0.3) is 17.1 Å². The predicted octanol–water partition coefficient (Wildman–Crippen LogP) is 5.72. The first-order valence-corrected chi connectivity index (χ1v) is 37.6. The summed E-state index contributed by atoms with van der Waals surface area (Å²) in [6.45, 7) is 12.1. The third-order valence-electron chi connectivity index (χ3n) is 16.5. The van der Waals surface area contributed by atoms with E-state index in [1.54, 1.807) is 60.7 Å². The molecule has 0 spiro atoms. The van der Waals surface area contributed by atoms with Crippen molar-refractivity contribution in [1.29, 1.82) is 0 Å². The Bertz CT molecular complexity index is 3750. The van der Waals surface area contributed by atoms with E-state index in [0.717, 1.165) is 6.42 Å². The van der Waals surface area contributed by atoms with Crippen LogP contribution in [-0.2, 0) is 79.5 Å². The molecule has 3 fully saturated rings. The molecule has 0 radical (unpaired) electrons. The molecule has 39 heteroatoms. The van der Waals surface area contributed by atoms with Crippen LogP contribution in [0.4, 0.5) is 17.1 Å². The lowest BCUT2D eigenvalue weighted by molar-refractivity contribution is -0.385. The lowest BCUT2D eigenvalue weighted by atomic mass is 9.95. The second kappa shape index (κ2) is 33.1. The van der Waals surface area contributed by atoms with E-state index in [1.165, 1.54) is 42.5 Å². The molecule has 3 aromatic carbocycles. The second-order valence-electron chi connectivity index (χ2n) is 24.3. The Hall–Kier alpha value is -7.15. The van der Waals surface area contributed by atoms with Crippen molar-refractivity contribution in [2.45, 2.75) is 146 Å². The third kappa shape index (κ3) is 21.7. The van der Waals surface area contributed by atoms with E-state index >= 15 is 0 Å². The number of nitro benzene ring substituents is 3. The number of phosphoric acid groups is 3. The van der Waals surface area contributed by atoms with Gasteiger partial charge in [0.2, 0.25) is 17.7 Å². The minimum Gasteiger partial charge on any atom is -0.411 e. The molecule has 9 rings (SSSR count). The first-order valence-electron chi connectivity index (χ1n) is 30.1. The smallest absolute Gasteiger partial charge is 0.411 e. The Morgan fingerprint density at radius 3 is 1.28 bits per heavy atom. The van der Waals surface area contributed by atoms with Crippen molar-refractivity contribution < 1.29 is 110 Å². The molecule has 3 amide bonds. The molecule has 6 heterocycles. The summed E-state index contributed by atoms with van der Waals surface area (Å²) in [6.07, 6.45) is 5.52. The molecule has 528 valence electrons. The number of para-hydroxylation sites is 3. The number of carbonyl (C=O) groups is 3. The number of nitrogens with zero attached hydrogens (tertiary/aromatic N) is 6. The van der Waals surface area contributed by atoms with Crippen LogP contribution >= 0.6 is 23.5 Å². The average Bonchev–Trinajstić information content (AvgIpc) is 1.71. The van der Waals surface area contributed by atoms with Crippen molar-refractivity contribution in [2.24, 2.45) is 32.7 Å². The Kier molecular flexibility index (Phi) is 26.4. The van der Waals surface area contributed by atoms with E-state index in [4.69, 9.17) is 38.4 Å². The molecule has 0 aromatic heterocycles. The Labute approximate surface area is 555 Å². The number of amides is 3. The number of aliphatic imine (C=N–C) groups is 3. The minimum atomic E-state index is -5.70. The van der Waals surface area contributed by atoms with Crippen LogP contribution < -0.4 is 16.0 Å². The summed E-state index contributed by atoms with van der Waals surface area (Å²) >= 11 is 0. The minimum absolute atomic E-state index is 0.0172. The van der Waals surface area contributed by atoms with E-state index in [9.17, 15) is 73.5 Å². The molecule has 0 aliphatic carbocycles. The summed E-state index contributed by atoms with van der Waals surface area (Å²) in [7, 11) is -18.6. The van der Waals surface area contributed by atoms with Gasteiger partial charge in [0.05, 0.1) is 125 Å². The molecular formula is C58H76N9O26P3Si. The first-order chi connectivity index (χ1) is 45.5. The molecule has 8 unspecified atom stereocenters. The molecule has 0 saturated carbocycles. The monoisotopic (exact) mass is 1440 g/mol.